The third kappa shape index (κ3) is 4.82. The van der Waals surface area contributed by atoms with Crippen LogP contribution in [0.2, 0.25) is 0 Å². The van der Waals surface area contributed by atoms with Crippen LogP contribution in [0.4, 0.5) is 4.79 Å². The van der Waals surface area contributed by atoms with Crippen LogP contribution < -0.4 is 10.1 Å². The average Bonchev–Trinajstić information content (AvgIpc) is 2.62. The van der Waals surface area contributed by atoms with E-state index in [9.17, 15) is 24.0 Å². The van der Waals surface area contributed by atoms with Crippen LogP contribution in [-0.2, 0) is 19.2 Å². The van der Waals surface area contributed by atoms with Crippen LogP contribution in [-0.4, -0.2) is 58.5 Å². The fourth-order valence-corrected chi connectivity index (χ4v) is 2.72. The van der Waals surface area contributed by atoms with Gasteiger partial charge in [-0.1, -0.05) is 12.1 Å². The number of carbonyl (C=O) groups is 5. The molecule has 1 N–H and O–H groups in total. The number of amides is 4. The highest BCUT2D eigenvalue weighted by Crippen LogP contribution is 2.21. The van der Waals surface area contributed by atoms with Crippen molar-refractivity contribution in [3.8, 4) is 5.75 Å². The van der Waals surface area contributed by atoms with Gasteiger partial charge >= 0.3 is 23.8 Å². The number of ether oxygens (including phenoxy) is 1. The summed E-state index contributed by atoms with van der Waals surface area (Å²) < 4.78 is 4.89. The minimum absolute atomic E-state index is 0.0127. The second-order valence-electron chi connectivity index (χ2n) is 5.69. The number of imide groups is 1. The van der Waals surface area contributed by atoms with Gasteiger partial charge in [0.15, 0.2) is 0 Å². The lowest BCUT2D eigenvalue weighted by atomic mass is 10.1. The van der Waals surface area contributed by atoms with Gasteiger partial charge in [0.25, 0.3) is 0 Å². The van der Waals surface area contributed by atoms with Gasteiger partial charge < -0.3 is 15.0 Å². The molecule has 1 atom stereocenters. The fourth-order valence-electron chi connectivity index (χ4n) is 2.54. The van der Waals surface area contributed by atoms with E-state index in [2.05, 4.69) is 5.32 Å². The maximum Gasteiger partial charge on any atom is 0.325 e. The number of nitrogens with zero attached hydrogens (tertiary/aromatic N) is 2. The summed E-state index contributed by atoms with van der Waals surface area (Å²) in [5, 5.41) is 1.47. The van der Waals surface area contributed by atoms with Gasteiger partial charge in [0.2, 0.25) is 5.24 Å². The van der Waals surface area contributed by atoms with Crippen LogP contribution >= 0.6 is 11.6 Å². The molecule has 0 saturated carbocycles. The highest BCUT2D eigenvalue weighted by Gasteiger charge is 2.36. The zero-order valence-electron chi connectivity index (χ0n) is 14.7. The van der Waals surface area contributed by atoms with Gasteiger partial charge in [0, 0.05) is 26.6 Å². The summed E-state index contributed by atoms with van der Waals surface area (Å²) in [4.78, 5) is 61.1. The average molecular weight is 396 g/mol. The predicted octanol–water partition coefficient (Wildman–Crippen LogP) is 0.819. The van der Waals surface area contributed by atoms with Crippen molar-refractivity contribution in [2.75, 3.05) is 19.6 Å². The molecule has 10 heteroatoms. The summed E-state index contributed by atoms with van der Waals surface area (Å²) in [6, 6.07) is 3.64. The SMILES string of the molecule is CCN1CCN(C(=O)N[C@@H](C(=O)Cl)c2ccc(OC(C)=O)cc2)C(=O)C1=O. The molecule has 0 unspecified atom stereocenters. The van der Waals surface area contributed by atoms with Crippen molar-refractivity contribution < 1.29 is 28.7 Å². The first-order valence-electron chi connectivity index (χ1n) is 8.13. The largest absolute Gasteiger partial charge is 0.427 e. The molecular weight excluding hydrogens is 378 g/mol. The number of hydrogen-bond acceptors (Lipinski definition) is 6. The Bertz CT molecular complexity index is 779. The quantitative estimate of drug-likeness (QED) is 0.342. The van der Waals surface area contributed by atoms with Crippen molar-refractivity contribution in [2.45, 2.75) is 19.9 Å². The monoisotopic (exact) mass is 395 g/mol. The van der Waals surface area contributed by atoms with E-state index in [1.807, 2.05) is 0 Å². The predicted molar refractivity (Wildman–Crippen MR) is 93.9 cm³/mol. The third-order valence-corrected chi connectivity index (χ3v) is 4.12. The summed E-state index contributed by atoms with van der Waals surface area (Å²) in [7, 11) is 0. The standard InChI is InChI=1S/C17H18ClN3O6/c1-3-20-8-9-21(16(25)15(20)24)17(26)19-13(14(18)23)11-4-6-12(7-5-11)27-10(2)22/h4-7,13H,3,8-9H2,1-2H3,(H,19,26)/t13-/m1/s1. The van der Waals surface area contributed by atoms with Gasteiger partial charge in [0.1, 0.15) is 11.8 Å². The lowest BCUT2D eigenvalue weighted by molar-refractivity contribution is -0.153. The Labute approximate surface area is 160 Å². The number of esters is 1. The number of halogens is 1. The molecule has 4 amide bonds. The molecule has 0 aliphatic carbocycles. The van der Waals surface area contributed by atoms with E-state index in [1.54, 1.807) is 6.92 Å². The van der Waals surface area contributed by atoms with E-state index in [4.69, 9.17) is 16.3 Å². The number of carbonyl (C=O) groups excluding carboxylic acids is 5. The van der Waals surface area contributed by atoms with Gasteiger partial charge in [-0.25, -0.2) is 4.79 Å². The smallest absolute Gasteiger partial charge is 0.325 e. The van der Waals surface area contributed by atoms with Crippen molar-refractivity contribution in [1.82, 2.24) is 15.1 Å². The van der Waals surface area contributed by atoms with E-state index >= 15 is 0 Å². The van der Waals surface area contributed by atoms with E-state index in [1.165, 1.54) is 36.1 Å². The van der Waals surface area contributed by atoms with Crippen LogP contribution in [0, 0.1) is 0 Å². The minimum atomic E-state index is -1.24. The maximum absolute atomic E-state index is 12.4. The Hall–Kier alpha value is -2.94. The Morgan fingerprint density at radius 2 is 1.78 bits per heavy atom. The van der Waals surface area contributed by atoms with Crippen molar-refractivity contribution in [3.05, 3.63) is 29.8 Å². The number of nitrogens with one attached hydrogen (secondary N) is 1. The molecule has 9 nitrogen and oxygen atoms in total. The van der Waals surface area contributed by atoms with Crippen LogP contribution in [0.25, 0.3) is 0 Å². The van der Waals surface area contributed by atoms with Crippen LogP contribution in [0.15, 0.2) is 24.3 Å². The van der Waals surface area contributed by atoms with Crippen LogP contribution in [0.5, 0.6) is 5.75 Å². The maximum atomic E-state index is 12.4. The molecule has 1 fully saturated rings. The number of likely N-dealkylation sites (N-methyl/N-ethyl adjacent to an activating group) is 1. The molecule has 0 bridgehead atoms. The minimum Gasteiger partial charge on any atom is -0.427 e. The first-order chi connectivity index (χ1) is 12.7. The van der Waals surface area contributed by atoms with Gasteiger partial charge in [-0.05, 0) is 36.2 Å². The lowest BCUT2D eigenvalue weighted by Gasteiger charge is -2.32. The topological polar surface area (TPSA) is 113 Å². The first-order valence-corrected chi connectivity index (χ1v) is 8.51. The number of benzene rings is 1. The normalized spacial score (nSPS) is 15.4. The number of hydrogen-bond donors (Lipinski definition) is 1. The summed E-state index contributed by atoms with van der Waals surface area (Å²) in [6.07, 6.45) is 0. The van der Waals surface area contributed by atoms with Gasteiger partial charge in [-0.15, -0.1) is 0 Å². The van der Waals surface area contributed by atoms with Crippen LogP contribution in [0.1, 0.15) is 25.5 Å². The van der Waals surface area contributed by atoms with Gasteiger partial charge in [-0.2, -0.15) is 0 Å². The van der Waals surface area contributed by atoms with Gasteiger partial charge in [0.05, 0.1) is 0 Å². The molecule has 1 aromatic rings. The van der Waals surface area contributed by atoms with Gasteiger partial charge in [-0.3, -0.25) is 24.1 Å². The van der Waals surface area contributed by atoms with Crippen LogP contribution in [0.3, 0.4) is 0 Å². The summed E-state index contributed by atoms with van der Waals surface area (Å²) in [6.45, 7) is 3.56. The first kappa shape index (κ1) is 20.4. The van der Waals surface area contributed by atoms with E-state index in [-0.39, 0.29) is 18.8 Å². The molecular formula is C17H18ClN3O6. The van der Waals surface area contributed by atoms with E-state index < -0.39 is 35.1 Å². The molecule has 0 radical (unpaired) electrons. The van der Waals surface area contributed by atoms with Crippen molar-refractivity contribution in [2.24, 2.45) is 0 Å². The molecule has 1 heterocycles. The molecule has 27 heavy (non-hydrogen) atoms. The molecule has 1 aliphatic heterocycles. The fraction of sp³-hybridized carbons (Fsp3) is 0.353. The second-order valence-corrected chi connectivity index (χ2v) is 6.06. The molecule has 2 rings (SSSR count). The Morgan fingerprint density at radius 3 is 2.30 bits per heavy atom. The molecule has 0 aromatic heterocycles. The Morgan fingerprint density at radius 1 is 1.15 bits per heavy atom. The number of urea groups is 1. The molecule has 144 valence electrons. The highest BCUT2D eigenvalue weighted by atomic mass is 35.5. The molecule has 0 spiro atoms. The van der Waals surface area contributed by atoms with Crippen molar-refractivity contribution in [3.63, 3.8) is 0 Å². The summed E-state index contributed by atoms with van der Waals surface area (Å²) in [5.41, 5.74) is 0.324. The zero-order chi connectivity index (χ0) is 20.1. The molecule has 1 aromatic carbocycles. The Kier molecular flexibility index (Phi) is 6.51. The molecule has 1 saturated heterocycles. The van der Waals surface area contributed by atoms with E-state index in [0.717, 1.165) is 4.90 Å². The molecule has 1 aliphatic rings. The summed E-state index contributed by atoms with van der Waals surface area (Å²) in [5.74, 6) is -1.99. The zero-order valence-corrected chi connectivity index (χ0v) is 15.5. The third-order valence-electron chi connectivity index (χ3n) is 3.91. The van der Waals surface area contributed by atoms with E-state index in [0.29, 0.717) is 12.1 Å². The highest BCUT2D eigenvalue weighted by molar-refractivity contribution is 6.64. The Balaban J connectivity index is 2.13. The lowest BCUT2D eigenvalue weighted by Crippen LogP contribution is -2.58. The second kappa shape index (κ2) is 8.63. The van der Waals surface area contributed by atoms with Crippen molar-refractivity contribution >= 4 is 40.7 Å². The number of rotatable bonds is 5. The number of piperazine rings is 1. The summed E-state index contributed by atoms with van der Waals surface area (Å²) >= 11 is 5.58. The van der Waals surface area contributed by atoms with Crippen molar-refractivity contribution in [1.29, 1.82) is 0 Å².